The van der Waals surface area contributed by atoms with Crippen molar-refractivity contribution >= 4 is 27.6 Å². The maximum atomic E-state index is 14.9. The molecule has 3 aromatic carbocycles. The molecule has 2 atom stereocenters. The Kier molecular flexibility index (Phi) is 6.82. The summed E-state index contributed by atoms with van der Waals surface area (Å²) < 4.78 is 5.44. The predicted octanol–water partition coefficient (Wildman–Crippen LogP) is 8.23. The first kappa shape index (κ1) is 27.3. The number of aromatic amines is 2. The minimum atomic E-state index is -0.152. The third-order valence-electron chi connectivity index (χ3n) is 10.2. The van der Waals surface area contributed by atoms with Gasteiger partial charge in [0, 0.05) is 57.4 Å². The van der Waals surface area contributed by atoms with Crippen molar-refractivity contribution in [2.75, 3.05) is 20.2 Å². The average molecular weight is 585 g/mol. The van der Waals surface area contributed by atoms with Gasteiger partial charge in [0.2, 0.25) is 0 Å². The van der Waals surface area contributed by atoms with Crippen LogP contribution in [0.4, 0.5) is 0 Å². The quantitative estimate of drug-likeness (QED) is 0.142. The first-order valence-corrected chi connectivity index (χ1v) is 16.3. The number of methoxy groups -OCH3 is 1. The highest BCUT2D eigenvalue weighted by atomic mass is 16.5. The molecule has 8 rings (SSSR count). The molecule has 0 saturated carbocycles. The van der Waals surface area contributed by atoms with Crippen molar-refractivity contribution in [3.63, 3.8) is 0 Å². The van der Waals surface area contributed by atoms with E-state index in [1.54, 1.807) is 7.11 Å². The fourth-order valence-electron chi connectivity index (χ4n) is 8.14. The smallest absolute Gasteiger partial charge is 0.192 e. The lowest BCUT2D eigenvalue weighted by atomic mass is 9.81. The van der Waals surface area contributed by atoms with E-state index in [1.165, 1.54) is 63.8 Å². The van der Waals surface area contributed by atoms with E-state index in [2.05, 4.69) is 75.2 Å². The van der Waals surface area contributed by atoms with Gasteiger partial charge in [0.25, 0.3) is 0 Å². The average Bonchev–Trinajstić information content (AvgIpc) is 3.64. The third-order valence-corrected chi connectivity index (χ3v) is 10.2. The number of ketones is 1. The number of allylic oxidation sites excluding steroid dienone is 1. The van der Waals surface area contributed by atoms with Crippen molar-refractivity contribution in [1.29, 1.82) is 0 Å². The molecule has 3 aliphatic rings. The van der Waals surface area contributed by atoms with Crippen LogP contribution in [0.2, 0.25) is 0 Å². The number of unbranched alkanes of at least 4 members (excludes halogenated alkanes) is 3. The largest absolute Gasteiger partial charge is 0.497 e. The number of carbonyl (C=O) groups excluding carboxylic acids is 1. The molecule has 5 heterocycles. The minimum Gasteiger partial charge on any atom is -0.497 e. The molecule has 44 heavy (non-hydrogen) atoms. The number of H-pyrrole nitrogens is 2. The van der Waals surface area contributed by atoms with Gasteiger partial charge >= 0.3 is 0 Å². The van der Waals surface area contributed by atoms with Gasteiger partial charge in [-0.1, -0.05) is 62.6 Å². The Hall–Kier alpha value is -4.29. The van der Waals surface area contributed by atoms with E-state index in [1.807, 2.05) is 24.3 Å². The van der Waals surface area contributed by atoms with Crippen molar-refractivity contribution in [3.8, 4) is 5.75 Å². The topological polar surface area (TPSA) is 64.4 Å². The van der Waals surface area contributed by atoms with Crippen LogP contribution in [0.15, 0.2) is 84.1 Å². The van der Waals surface area contributed by atoms with Crippen LogP contribution in [0.25, 0.3) is 21.8 Å². The van der Waals surface area contributed by atoms with Gasteiger partial charge in [0.1, 0.15) is 11.9 Å². The lowest BCUT2D eigenvalue weighted by Crippen LogP contribution is -2.54. The van der Waals surface area contributed by atoms with Crippen molar-refractivity contribution < 1.29 is 9.53 Å². The summed E-state index contributed by atoms with van der Waals surface area (Å²) in [4.78, 5) is 27.8. The predicted molar refractivity (Wildman–Crippen MR) is 176 cm³/mol. The van der Waals surface area contributed by atoms with Gasteiger partial charge in [-0.25, -0.2) is 0 Å². The van der Waals surface area contributed by atoms with E-state index < -0.39 is 0 Å². The maximum Gasteiger partial charge on any atom is 0.192 e. The van der Waals surface area contributed by atoms with E-state index in [0.29, 0.717) is 0 Å². The molecule has 0 aliphatic carbocycles. The molecule has 224 valence electrons. The Morgan fingerprint density at radius 2 is 1.48 bits per heavy atom. The van der Waals surface area contributed by atoms with Crippen LogP contribution in [0.1, 0.15) is 84.1 Å². The summed E-state index contributed by atoms with van der Waals surface area (Å²) in [5.74, 6) is 0.888. The Balaban J connectivity index is 1.35. The van der Waals surface area contributed by atoms with Gasteiger partial charge in [-0.05, 0) is 73.2 Å². The molecule has 0 amide bonds. The molecular weight excluding hydrogens is 544 g/mol. The normalized spacial score (nSPS) is 19.5. The number of nitrogens with one attached hydrogen (secondary N) is 2. The van der Waals surface area contributed by atoms with Crippen LogP contribution < -0.4 is 4.74 Å². The number of rotatable bonds is 8. The highest BCUT2D eigenvalue weighted by molar-refractivity contribution is 6.10. The van der Waals surface area contributed by atoms with Gasteiger partial charge in [0.15, 0.2) is 5.78 Å². The van der Waals surface area contributed by atoms with Gasteiger partial charge in [-0.3, -0.25) is 9.69 Å². The summed E-state index contributed by atoms with van der Waals surface area (Å²) in [5.41, 5.74) is 10.5. The van der Waals surface area contributed by atoms with Crippen LogP contribution in [-0.4, -0.2) is 45.8 Å². The van der Waals surface area contributed by atoms with Crippen molar-refractivity contribution in [3.05, 3.63) is 112 Å². The molecule has 5 aromatic rings. The maximum absolute atomic E-state index is 14.9. The van der Waals surface area contributed by atoms with E-state index in [4.69, 9.17) is 4.74 Å². The number of benzene rings is 3. The molecular formula is C38H40N4O2. The number of fused-ring (bicyclic) bond motifs is 11. The Morgan fingerprint density at radius 1 is 0.818 bits per heavy atom. The monoisotopic (exact) mass is 584 g/mol. The fraction of sp³-hybridized carbons (Fsp3) is 0.342. The Bertz CT molecular complexity index is 1900. The second-order valence-electron chi connectivity index (χ2n) is 12.6. The minimum absolute atomic E-state index is 0.0595. The third kappa shape index (κ3) is 4.22. The molecule has 2 aromatic heterocycles. The summed E-state index contributed by atoms with van der Waals surface area (Å²) in [6, 6.07) is 24.9. The standard InChI is InChI=1S/C38H40N4O2/c1-3-4-5-6-15-32-33(37(43)24-16-18-25(44-2)19-17-24)36-34-28(26-11-7-9-13-30(26)39-34)21-23-42(36)38-35-29(20-22-41(32)38)27-12-8-10-14-31(27)40-35/h7-14,16-19,36,38-40H,3-6,15,20-23H2,1-2H3/t36-,38-/m1/s1. The highest BCUT2D eigenvalue weighted by Crippen LogP contribution is 2.52. The van der Waals surface area contributed by atoms with Crippen LogP contribution in [-0.2, 0) is 12.8 Å². The molecule has 6 heteroatoms. The summed E-state index contributed by atoms with van der Waals surface area (Å²) in [6.07, 6.45) is 7.54. The van der Waals surface area contributed by atoms with E-state index in [9.17, 15) is 4.79 Å². The zero-order chi connectivity index (χ0) is 29.8. The number of Topliss-reactive ketones (excluding diaryl/α,β-unsaturated/α-hetero) is 1. The van der Waals surface area contributed by atoms with Gasteiger partial charge in [-0.15, -0.1) is 0 Å². The molecule has 0 fully saturated rings. The van der Waals surface area contributed by atoms with Crippen LogP contribution in [0, 0.1) is 0 Å². The van der Waals surface area contributed by atoms with Gasteiger partial charge in [-0.2, -0.15) is 0 Å². The van der Waals surface area contributed by atoms with Crippen LogP contribution >= 0.6 is 0 Å². The zero-order valence-electron chi connectivity index (χ0n) is 25.7. The number of aromatic nitrogens is 2. The number of para-hydroxylation sites is 2. The number of carbonyl (C=O) groups is 1. The summed E-state index contributed by atoms with van der Waals surface area (Å²) in [5, 5.41) is 2.61. The van der Waals surface area contributed by atoms with Crippen LogP contribution in [0.5, 0.6) is 5.75 Å². The first-order chi connectivity index (χ1) is 21.7. The molecule has 0 radical (unpaired) electrons. The molecule has 0 spiro atoms. The molecule has 0 saturated heterocycles. The number of hydrogen-bond donors (Lipinski definition) is 2. The SMILES string of the molecule is CCCCCCC1=C(C(=O)c2ccc(OC)cc2)[C@@H]2c3[nH]c4ccccc4c3CCN2[C@@H]2c3[nH]c4ccccc4c3CCN12. The number of ether oxygens (including phenoxy) is 1. The fourth-order valence-corrected chi connectivity index (χ4v) is 8.14. The number of hydrogen-bond acceptors (Lipinski definition) is 4. The molecule has 6 nitrogen and oxygen atoms in total. The van der Waals surface area contributed by atoms with E-state index in [0.717, 1.165) is 61.2 Å². The van der Waals surface area contributed by atoms with Crippen LogP contribution in [0.3, 0.4) is 0 Å². The lowest BCUT2D eigenvalue weighted by molar-refractivity contribution is 0.000581. The molecule has 0 bridgehead atoms. The van der Waals surface area contributed by atoms with Crippen molar-refractivity contribution in [2.24, 2.45) is 0 Å². The molecule has 2 N–H and O–H groups in total. The first-order valence-electron chi connectivity index (χ1n) is 16.3. The van der Waals surface area contributed by atoms with Gasteiger partial charge < -0.3 is 19.6 Å². The Labute approximate surface area is 258 Å². The second-order valence-corrected chi connectivity index (χ2v) is 12.6. The van der Waals surface area contributed by atoms with Gasteiger partial charge in [0.05, 0.1) is 18.8 Å². The van der Waals surface area contributed by atoms with Crippen molar-refractivity contribution in [1.82, 2.24) is 19.8 Å². The summed E-state index contributed by atoms with van der Waals surface area (Å²) >= 11 is 0. The lowest BCUT2D eigenvalue weighted by Gasteiger charge is -2.54. The van der Waals surface area contributed by atoms with E-state index >= 15 is 0 Å². The zero-order valence-corrected chi connectivity index (χ0v) is 25.7. The molecule has 3 aliphatic heterocycles. The summed E-state index contributed by atoms with van der Waals surface area (Å²) in [7, 11) is 1.67. The van der Waals surface area contributed by atoms with Crippen molar-refractivity contribution in [2.45, 2.75) is 64.1 Å². The number of nitrogens with zero attached hydrogens (tertiary/aromatic N) is 2. The summed E-state index contributed by atoms with van der Waals surface area (Å²) in [6.45, 7) is 4.05. The van der Waals surface area contributed by atoms with E-state index in [-0.39, 0.29) is 18.0 Å². The highest BCUT2D eigenvalue weighted by Gasteiger charge is 2.49. The second kappa shape index (κ2) is 11.0. The molecule has 0 unspecified atom stereocenters. The Morgan fingerprint density at radius 3 is 2.18 bits per heavy atom.